The third kappa shape index (κ3) is 0.659. The van der Waals surface area contributed by atoms with Crippen molar-refractivity contribution in [2.75, 3.05) is 0 Å². The number of esters is 1. The molecule has 2 rings (SSSR count). The number of hydrogen-bond donors (Lipinski definition) is 0. The summed E-state index contributed by atoms with van der Waals surface area (Å²) in [7, 11) is 0. The van der Waals surface area contributed by atoms with E-state index in [9.17, 15) is 4.79 Å². The average Bonchev–Trinajstić information content (AvgIpc) is 2.18. The lowest BCUT2D eigenvalue weighted by Gasteiger charge is -2.32. The molecule has 0 aromatic rings. The highest BCUT2D eigenvalue weighted by Gasteiger charge is 2.71. The van der Waals surface area contributed by atoms with Gasteiger partial charge in [-0.2, -0.15) is 0 Å². The summed E-state index contributed by atoms with van der Waals surface area (Å²) in [4.78, 5) is 11.5. The van der Waals surface area contributed by atoms with Crippen molar-refractivity contribution in [3.8, 4) is 0 Å². The SMILES string of the molecule is CC12CCC(I)(C(=O)O1)C2(C)C. The molecule has 3 heteroatoms. The fourth-order valence-corrected chi connectivity index (χ4v) is 3.23. The lowest BCUT2D eigenvalue weighted by atomic mass is 9.76. The molecule has 2 atom stereocenters. The van der Waals surface area contributed by atoms with E-state index < -0.39 is 0 Å². The molecule has 0 aromatic carbocycles. The number of alkyl halides is 1. The van der Waals surface area contributed by atoms with Gasteiger partial charge in [0, 0.05) is 5.41 Å². The topological polar surface area (TPSA) is 26.3 Å². The van der Waals surface area contributed by atoms with Crippen LogP contribution >= 0.6 is 22.6 Å². The normalized spacial score (nSPS) is 49.5. The molecule has 0 aromatic heterocycles. The quantitative estimate of drug-likeness (QED) is 0.386. The molecular formula is C9H13IO2. The van der Waals surface area contributed by atoms with Crippen molar-refractivity contribution in [1.82, 2.24) is 0 Å². The van der Waals surface area contributed by atoms with E-state index in [-0.39, 0.29) is 20.4 Å². The highest BCUT2D eigenvalue weighted by Crippen LogP contribution is 2.64. The molecule has 2 fully saturated rings. The van der Waals surface area contributed by atoms with Gasteiger partial charge >= 0.3 is 5.97 Å². The molecule has 68 valence electrons. The molecule has 2 nitrogen and oxygen atoms in total. The van der Waals surface area contributed by atoms with E-state index in [4.69, 9.17) is 4.74 Å². The molecule has 1 aliphatic carbocycles. The Morgan fingerprint density at radius 1 is 1.33 bits per heavy atom. The van der Waals surface area contributed by atoms with Gasteiger partial charge in [0.1, 0.15) is 9.02 Å². The fourth-order valence-electron chi connectivity index (χ4n) is 2.28. The predicted molar refractivity (Wildman–Crippen MR) is 54.3 cm³/mol. The van der Waals surface area contributed by atoms with Gasteiger partial charge < -0.3 is 4.74 Å². The lowest BCUT2D eigenvalue weighted by molar-refractivity contribution is -0.153. The molecule has 0 spiro atoms. The van der Waals surface area contributed by atoms with Gasteiger partial charge in [-0.3, -0.25) is 4.79 Å². The van der Waals surface area contributed by atoms with Crippen LogP contribution in [0.25, 0.3) is 0 Å². The maximum atomic E-state index is 11.5. The van der Waals surface area contributed by atoms with Crippen molar-refractivity contribution < 1.29 is 9.53 Å². The molecule has 2 unspecified atom stereocenters. The van der Waals surface area contributed by atoms with Crippen LogP contribution in [0.5, 0.6) is 0 Å². The summed E-state index contributed by atoms with van der Waals surface area (Å²) in [5.74, 6) is -0.0122. The standard InChI is InChI=1S/C9H13IO2/c1-7(2)8(3)4-5-9(7,10)6(11)12-8/h4-5H2,1-3H3. The third-order valence-corrected chi connectivity index (χ3v) is 6.23. The van der Waals surface area contributed by atoms with Crippen LogP contribution in [0, 0.1) is 5.41 Å². The molecule has 0 radical (unpaired) electrons. The van der Waals surface area contributed by atoms with E-state index >= 15 is 0 Å². The first-order valence-electron chi connectivity index (χ1n) is 4.26. The second-order valence-electron chi connectivity index (χ2n) is 4.55. The summed E-state index contributed by atoms with van der Waals surface area (Å²) in [5.41, 5.74) is -0.233. The minimum absolute atomic E-state index is 0.0122. The Morgan fingerprint density at radius 3 is 2.08 bits per heavy atom. The third-order valence-electron chi connectivity index (χ3n) is 3.90. The number of ether oxygens (including phenoxy) is 1. The van der Waals surface area contributed by atoms with Crippen LogP contribution in [-0.4, -0.2) is 15.0 Å². The van der Waals surface area contributed by atoms with Crippen molar-refractivity contribution in [3.63, 3.8) is 0 Å². The molecular weight excluding hydrogens is 267 g/mol. The zero-order valence-electron chi connectivity index (χ0n) is 7.61. The highest BCUT2D eigenvalue weighted by atomic mass is 127. The zero-order chi connectivity index (χ0) is 9.20. The Labute approximate surface area is 86.2 Å². The first kappa shape index (κ1) is 8.78. The molecule has 1 saturated heterocycles. The second-order valence-corrected chi connectivity index (χ2v) is 6.39. The molecule has 0 amide bonds. The van der Waals surface area contributed by atoms with E-state index in [0.29, 0.717) is 0 Å². The summed E-state index contributed by atoms with van der Waals surface area (Å²) in [6.07, 6.45) is 1.98. The first-order valence-corrected chi connectivity index (χ1v) is 5.34. The van der Waals surface area contributed by atoms with Gasteiger partial charge in [0.2, 0.25) is 0 Å². The smallest absolute Gasteiger partial charge is 0.323 e. The van der Waals surface area contributed by atoms with Gasteiger partial charge in [-0.15, -0.1) is 0 Å². The molecule has 1 aliphatic heterocycles. The molecule has 0 N–H and O–H groups in total. The largest absolute Gasteiger partial charge is 0.458 e. The maximum absolute atomic E-state index is 11.5. The van der Waals surface area contributed by atoms with Crippen LogP contribution in [0.15, 0.2) is 0 Å². The Bertz CT molecular complexity index is 261. The number of halogens is 1. The van der Waals surface area contributed by atoms with Crippen LogP contribution in [0.4, 0.5) is 0 Å². The van der Waals surface area contributed by atoms with Crippen molar-refractivity contribution in [2.24, 2.45) is 5.41 Å². The predicted octanol–water partition coefficient (Wildman–Crippen LogP) is 2.30. The minimum Gasteiger partial charge on any atom is -0.458 e. The number of hydrogen-bond acceptors (Lipinski definition) is 2. The molecule has 1 heterocycles. The number of carbonyl (C=O) groups excluding carboxylic acids is 1. The van der Waals surface area contributed by atoms with Crippen LogP contribution in [0.3, 0.4) is 0 Å². The molecule has 12 heavy (non-hydrogen) atoms. The Kier molecular flexibility index (Phi) is 1.46. The van der Waals surface area contributed by atoms with Gasteiger partial charge in [0.15, 0.2) is 0 Å². The van der Waals surface area contributed by atoms with Gasteiger partial charge in [0.25, 0.3) is 0 Å². The van der Waals surface area contributed by atoms with E-state index in [1.54, 1.807) is 0 Å². The Hall–Kier alpha value is 0.200. The molecule has 1 saturated carbocycles. The Morgan fingerprint density at radius 2 is 1.92 bits per heavy atom. The van der Waals surface area contributed by atoms with E-state index in [2.05, 4.69) is 43.4 Å². The maximum Gasteiger partial charge on any atom is 0.323 e. The average molecular weight is 280 g/mol. The summed E-state index contributed by atoms with van der Waals surface area (Å²) >= 11 is 2.28. The van der Waals surface area contributed by atoms with Gasteiger partial charge in [-0.1, -0.05) is 36.4 Å². The second kappa shape index (κ2) is 1.99. The number of rotatable bonds is 0. The summed E-state index contributed by atoms with van der Waals surface area (Å²) in [5, 5.41) is 0. The summed E-state index contributed by atoms with van der Waals surface area (Å²) < 4.78 is 5.16. The summed E-state index contributed by atoms with van der Waals surface area (Å²) in [6.45, 7) is 6.33. The van der Waals surface area contributed by atoms with Crippen LogP contribution in [0.1, 0.15) is 33.6 Å². The van der Waals surface area contributed by atoms with Crippen molar-refractivity contribution in [3.05, 3.63) is 0 Å². The zero-order valence-corrected chi connectivity index (χ0v) is 9.77. The number of carbonyl (C=O) groups is 1. The minimum atomic E-state index is -0.264. The molecule has 2 aliphatic rings. The highest BCUT2D eigenvalue weighted by molar-refractivity contribution is 14.1. The lowest BCUT2D eigenvalue weighted by Crippen LogP contribution is -2.40. The first-order chi connectivity index (χ1) is 5.33. The van der Waals surface area contributed by atoms with E-state index in [1.807, 2.05) is 0 Å². The van der Waals surface area contributed by atoms with E-state index in [0.717, 1.165) is 12.8 Å². The van der Waals surface area contributed by atoms with Crippen LogP contribution in [0.2, 0.25) is 0 Å². The van der Waals surface area contributed by atoms with Crippen molar-refractivity contribution in [1.29, 1.82) is 0 Å². The monoisotopic (exact) mass is 280 g/mol. The fraction of sp³-hybridized carbons (Fsp3) is 0.889. The van der Waals surface area contributed by atoms with Gasteiger partial charge in [-0.25, -0.2) is 0 Å². The van der Waals surface area contributed by atoms with Gasteiger partial charge in [0.05, 0.1) is 0 Å². The van der Waals surface area contributed by atoms with E-state index in [1.165, 1.54) is 0 Å². The molecule has 2 bridgehead atoms. The van der Waals surface area contributed by atoms with Crippen LogP contribution < -0.4 is 0 Å². The summed E-state index contributed by atoms with van der Waals surface area (Å²) in [6, 6.07) is 0. The van der Waals surface area contributed by atoms with Gasteiger partial charge in [-0.05, 0) is 19.8 Å². The van der Waals surface area contributed by atoms with Crippen LogP contribution in [-0.2, 0) is 9.53 Å². The van der Waals surface area contributed by atoms with Crippen molar-refractivity contribution in [2.45, 2.75) is 42.6 Å². The van der Waals surface area contributed by atoms with Crippen molar-refractivity contribution >= 4 is 28.6 Å². The number of fused-ring (bicyclic) bond motifs is 2. The Balaban J connectivity index is 2.56.